The Morgan fingerprint density at radius 3 is 2.31 bits per heavy atom. The van der Waals surface area contributed by atoms with E-state index in [1.165, 1.54) is 23.2 Å². The summed E-state index contributed by atoms with van der Waals surface area (Å²) in [6, 6.07) is 18.0. The number of hydrogen-bond acceptors (Lipinski definition) is 4. The number of carbonyl (C=O) groups is 2. The highest BCUT2D eigenvalue weighted by Gasteiger charge is 2.26. The molecule has 6 heteroatoms. The van der Waals surface area contributed by atoms with Crippen molar-refractivity contribution in [2.24, 2.45) is 5.73 Å². The molecule has 2 aromatic carbocycles. The number of anilines is 1. The smallest absolute Gasteiger partial charge is 0.253 e. The predicted octanol–water partition coefficient (Wildman–Crippen LogP) is 4.41. The van der Waals surface area contributed by atoms with Crippen LogP contribution in [0.25, 0.3) is 0 Å². The number of hydrogen-bond donors (Lipinski definition) is 1. The molecule has 1 fully saturated rings. The van der Waals surface area contributed by atoms with Crippen LogP contribution in [0.1, 0.15) is 56.7 Å². The monoisotopic (exact) mass is 470 g/mol. The fourth-order valence-corrected chi connectivity index (χ4v) is 4.99. The highest BCUT2D eigenvalue weighted by molar-refractivity contribution is 5.95. The van der Waals surface area contributed by atoms with Gasteiger partial charge in [0.15, 0.2) is 0 Å². The second-order valence-corrected chi connectivity index (χ2v) is 9.36. The van der Waals surface area contributed by atoms with Gasteiger partial charge in [0.1, 0.15) is 0 Å². The molecular formula is C29H34N4O2. The number of nitrogens with two attached hydrogens (primary N) is 1. The van der Waals surface area contributed by atoms with Crippen LogP contribution < -0.4 is 10.6 Å². The van der Waals surface area contributed by atoms with Gasteiger partial charge in [-0.15, -0.1) is 0 Å². The van der Waals surface area contributed by atoms with Gasteiger partial charge >= 0.3 is 0 Å². The summed E-state index contributed by atoms with van der Waals surface area (Å²) >= 11 is 0. The molecule has 1 saturated heterocycles. The Hall–Kier alpha value is -3.67. The lowest BCUT2D eigenvalue weighted by Gasteiger charge is -2.37. The van der Waals surface area contributed by atoms with Crippen molar-refractivity contribution in [2.45, 2.75) is 45.1 Å². The molecule has 6 nitrogen and oxygen atoms in total. The van der Waals surface area contributed by atoms with E-state index >= 15 is 0 Å². The van der Waals surface area contributed by atoms with Crippen LogP contribution in [0.2, 0.25) is 0 Å². The fraction of sp³-hybridized carbons (Fsp3) is 0.345. The molecule has 2 aliphatic rings. The minimum atomic E-state index is -0.363. The summed E-state index contributed by atoms with van der Waals surface area (Å²) in [4.78, 5) is 32.0. The Balaban J connectivity index is 0.000000243. The van der Waals surface area contributed by atoms with Crippen LogP contribution >= 0.6 is 0 Å². The van der Waals surface area contributed by atoms with E-state index in [1.807, 2.05) is 49.5 Å². The quantitative estimate of drug-likeness (QED) is 0.613. The molecular weight excluding hydrogens is 436 g/mol. The molecule has 2 heterocycles. The van der Waals surface area contributed by atoms with Crippen LogP contribution in [0, 0.1) is 6.92 Å². The zero-order valence-electron chi connectivity index (χ0n) is 20.6. The van der Waals surface area contributed by atoms with Crippen molar-refractivity contribution in [3.05, 3.63) is 94.8 Å². The van der Waals surface area contributed by atoms with Crippen LogP contribution in [0.3, 0.4) is 0 Å². The number of pyridine rings is 1. The molecule has 1 aliphatic heterocycles. The van der Waals surface area contributed by atoms with Crippen molar-refractivity contribution in [2.75, 3.05) is 25.0 Å². The zero-order chi connectivity index (χ0) is 24.8. The van der Waals surface area contributed by atoms with Crippen molar-refractivity contribution < 1.29 is 9.59 Å². The number of fused-ring (bicyclic) bond motifs is 1. The van der Waals surface area contributed by atoms with Gasteiger partial charge in [-0.2, -0.15) is 0 Å². The average Bonchev–Trinajstić information content (AvgIpc) is 3.37. The third-order valence-corrected chi connectivity index (χ3v) is 7.12. The summed E-state index contributed by atoms with van der Waals surface area (Å²) in [6.07, 6.45) is 9.19. The summed E-state index contributed by atoms with van der Waals surface area (Å²) < 4.78 is 0. The Morgan fingerprint density at radius 1 is 0.971 bits per heavy atom. The van der Waals surface area contributed by atoms with Crippen molar-refractivity contribution in [3.8, 4) is 0 Å². The fourth-order valence-electron chi connectivity index (χ4n) is 4.99. The van der Waals surface area contributed by atoms with E-state index in [0.29, 0.717) is 11.6 Å². The minimum Gasteiger partial charge on any atom is -0.371 e. The van der Waals surface area contributed by atoms with Gasteiger partial charge in [-0.1, -0.05) is 24.3 Å². The summed E-state index contributed by atoms with van der Waals surface area (Å²) in [5, 5.41) is 0. The lowest BCUT2D eigenvalue weighted by Crippen LogP contribution is -2.45. The lowest BCUT2D eigenvalue weighted by atomic mass is 10.0. The Bertz CT molecular complexity index is 1170. The van der Waals surface area contributed by atoms with Crippen molar-refractivity contribution in [1.82, 2.24) is 9.88 Å². The summed E-state index contributed by atoms with van der Waals surface area (Å²) in [6.45, 7) is 3.83. The van der Waals surface area contributed by atoms with Gasteiger partial charge in [0, 0.05) is 55.4 Å². The van der Waals surface area contributed by atoms with Crippen molar-refractivity contribution in [3.63, 3.8) is 0 Å². The molecule has 0 bridgehead atoms. The third kappa shape index (κ3) is 5.88. The van der Waals surface area contributed by atoms with E-state index in [9.17, 15) is 9.59 Å². The summed E-state index contributed by atoms with van der Waals surface area (Å²) in [7, 11) is 1.96. The van der Waals surface area contributed by atoms with Gasteiger partial charge in [-0.3, -0.25) is 14.6 Å². The maximum atomic E-state index is 12.9. The number of piperidine rings is 1. The van der Waals surface area contributed by atoms with E-state index in [-0.39, 0.29) is 11.8 Å². The summed E-state index contributed by atoms with van der Waals surface area (Å²) in [5.74, 6) is -0.199. The van der Waals surface area contributed by atoms with Gasteiger partial charge in [-0.25, -0.2) is 0 Å². The van der Waals surface area contributed by atoms with Gasteiger partial charge in [-0.05, 0) is 86.1 Å². The average molecular weight is 471 g/mol. The molecule has 0 unspecified atom stereocenters. The van der Waals surface area contributed by atoms with Crippen LogP contribution in [-0.4, -0.2) is 47.9 Å². The molecule has 0 radical (unpaired) electrons. The topological polar surface area (TPSA) is 79.5 Å². The Morgan fingerprint density at radius 2 is 1.66 bits per heavy atom. The molecule has 0 saturated carbocycles. The Labute approximate surface area is 207 Å². The number of amides is 2. The van der Waals surface area contributed by atoms with E-state index in [2.05, 4.69) is 34.1 Å². The maximum Gasteiger partial charge on any atom is 0.253 e. The van der Waals surface area contributed by atoms with E-state index < -0.39 is 0 Å². The third-order valence-electron chi connectivity index (χ3n) is 7.12. The number of aromatic nitrogens is 1. The molecule has 0 atom stereocenters. The largest absolute Gasteiger partial charge is 0.371 e. The number of benzene rings is 2. The lowest BCUT2D eigenvalue weighted by molar-refractivity contribution is 0.0709. The highest BCUT2D eigenvalue weighted by atomic mass is 16.2. The first-order valence-electron chi connectivity index (χ1n) is 12.3. The number of rotatable bonds is 4. The first kappa shape index (κ1) is 24.5. The molecule has 1 aromatic heterocycles. The molecule has 2 N–H and O–H groups in total. The molecule has 3 aromatic rings. The second-order valence-electron chi connectivity index (χ2n) is 9.36. The van der Waals surface area contributed by atoms with Crippen LogP contribution in [-0.2, 0) is 12.8 Å². The Kier molecular flexibility index (Phi) is 7.80. The minimum absolute atomic E-state index is 0.164. The molecule has 1 aliphatic carbocycles. The van der Waals surface area contributed by atoms with Crippen molar-refractivity contribution in [1.29, 1.82) is 0 Å². The van der Waals surface area contributed by atoms with Gasteiger partial charge < -0.3 is 15.5 Å². The number of carbonyl (C=O) groups excluding carboxylic acids is 2. The molecule has 5 rings (SSSR count). The first-order valence-corrected chi connectivity index (χ1v) is 12.3. The SMILES string of the molecule is CN(C(=O)c1ccc2c(c1)CCC2)C1CCN(c2ccncc2)CC1.Cc1ccccc1C(N)=O. The summed E-state index contributed by atoms with van der Waals surface area (Å²) in [5.41, 5.74) is 11.5. The predicted molar refractivity (Wildman–Crippen MR) is 140 cm³/mol. The van der Waals surface area contributed by atoms with Crippen LogP contribution in [0.15, 0.2) is 67.0 Å². The van der Waals surface area contributed by atoms with E-state index in [0.717, 1.165) is 49.9 Å². The van der Waals surface area contributed by atoms with E-state index in [4.69, 9.17) is 5.73 Å². The van der Waals surface area contributed by atoms with Crippen molar-refractivity contribution >= 4 is 17.5 Å². The second kappa shape index (κ2) is 11.2. The van der Waals surface area contributed by atoms with Crippen LogP contribution in [0.4, 0.5) is 5.69 Å². The van der Waals surface area contributed by atoms with Gasteiger partial charge in [0.2, 0.25) is 5.91 Å². The molecule has 0 spiro atoms. The van der Waals surface area contributed by atoms with Gasteiger partial charge in [0.25, 0.3) is 5.91 Å². The number of aryl methyl sites for hydroxylation is 3. The highest BCUT2D eigenvalue weighted by Crippen LogP contribution is 2.25. The molecule has 2 amide bonds. The first-order chi connectivity index (χ1) is 16.9. The molecule has 35 heavy (non-hydrogen) atoms. The van der Waals surface area contributed by atoms with Gasteiger partial charge in [0.05, 0.1) is 0 Å². The standard InChI is InChI=1S/C21H25N3O.C8H9NO/c1-23(21(25)18-6-5-16-3-2-4-17(16)15-18)19-9-13-24(14-10-19)20-7-11-22-12-8-20;1-6-4-2-3-5-7(6)8(9)10/h5-8,11-12,15,19H,2-4,9-10,13-14H2,1H3;2-5H,1H3,(H2,9,10). The maximum absolute atomic E-state index is 12.9. The number of nitrogens with zero attached hydrogens (tertiary/aromatic N) is 3. The number of primary amides is 1. The molecule has 182 valence electrons. The van der Waals surface area contributed by atoms with E-state index in [1.54, 1.807) is 12.1 Å². The van der Waals surface area contributed by atoms with Crippen LogP contribution in [0.5, 0.6) is 0 Å². The zero-order valence-corrected chi connectivity index (χ0v) is 20.6. The normalized spacial score (nSPS) is 15.1.